The fraction of sp³-hybridized carbons (Fsp3) is 0.176. The van der Waals surface area contributed by atoms with Crippen LogP contribution in [-0.2, 0) is 4.79 Å². The topological polar surface area (TPSA) is 49.4 Å². The molecule has 2 aromatic rings. The first-order chi connectivity index (χ1) is 11.0. The fourth-order valence-electron chi connectivity index (χ4n) is 2.10. The fourth-order valence-corrected chi connectivity index (χ4v) is 2.40. The van der Waals surface area contributed by atoms with Crippen LogP contribution in [-0.4, -0.2) is 24.9 Å². The highest BCUT2D eigenvalue weighted by molar-refractivity contribution is 6.42. The van der Waals surface area contributed by atoms with Gasteiger partial charge in [-0.2, -0.15) is 0 Å². The van der Waals surface area contributed by atoms with Crippen LogP contribution in [0.3, 0.4) is 0 Å². The summed E-state index contributed by atoms with van der Waals surface area (Å²) in [4.78, 5) is 25.4. The summed E-state index contributed by atoms with van der Waals surface area (Å²) in [6.45, 7) is 2.20. The molecule has 0 spiro atoms. The highest BCUT2D eigenvalue weighted by Gasteiger charge is 2.12. The van der Waals surface area contributed by atoms with E-state index in [-0.39, 0.29) is 11.8 Å². The number of rotatable bonds is 5. The van der Waals surface area contributed by atoms with Crippen LogP contribution >= 0.6 is 23.2 Å². The van der Waals surface area contributed by atoms with Gasteiger partial charge in [0, 0.05) is 31.3 Å². The number of para-hydroxylation sites is 1. The standard InChI is InChI=1S/C17H16Cl2N2O2/c1-12(22)21(14-5-3-2-4-6-14)10-9-20-17(23)13-7-8-15(18)16(19)11-13/h2-8,11H,9-10H2,1H3,(H,20,23). The molecule has 1 N–H and O–H groups in total. The summed E-state index contributed by atoms with van der Waals surface area (Å²) < 4.78 is 0. The summed E-state index contributed by atoms with van der Waals surface area (Å²) >= 11 is 11.7. The number of benzene rings is 2. The van der Waals surface area contributed by atoms with E-state index in [0.717, 1.165) is 5.69 Å². The molecular formula is C17H16Cl2N2O2. The van der Waals surface area contributed by atoms with E-state index in [1.165, 1.54) is 13.0 Å². The van der Waals surface area contributed by atoms with Gasteiger partial charge in [0.25, 0.3) is 5.91 Å². The molecule has 0 aliphatic rings. The van der Waals surface area contributed by atoms with Crippen molar-refractivity contribution in [3.05, 3.63) is 64.1 Å². The zero-order valence-electron chi connectivity index (χ0n) is 12.6. The van der Waals surface area contributed by atoms with Crippen LogP contribution in [0, 0.1) is 0 Å². The molecule has 0 aliphatic heterocycles. The van der Waals surface area contributed by atoms with E-state index in [1.807, 2.05) is 30.3 Å². The van der Waals surface area contributed by atoms with E-state index < -0.39 is 0 Å². The van der Waals surface area contributed by atoms with Gasteiger partial charge in [0.2, 0.25) is 5.91 Å². The average Bonchev–Trinajstić information content (AvgIpc) is 2.54. The first kappa shape index (κ1) is 17.3. The molecule has 0 fully saturated rings. The summed E-state index contributed by atoms with van der Waals surface area (Å²) in [6.07, 6.45) is 0. The number of nitrogens with zero attached hydrogens (tertiary/aromatic N) is 1. The third kappa shape index (κ3) is 4.71. The van der Waals surface area contributed by atoms with Gasteiger partial charge in [-0.05, 0) is 30.3 Å². The van der Waals surface area contributed by atoms with E-state index in [4.69, 9.17) is 23.2 Å². The molecule has 0 heterocycles. The van der Waals surface area contributed by atoms with Crippen LogP contribution in [0.15, 0.2) is 48.5 Å². The van der Waals surface area contributed by atoms with E-state index in [2.05, 4.69) is 5.32 Å². The maximum Gasteiger partial charge on any atom is 0.251 e. The van der Waals surface area contributed by atoms with E-state index in [1.54, 1.807) is 17.0 Å². The van der Waals surface area contributed by atoms with Crippen LogP contribution < -0.4 is 10.2 Å². The highest BCUT2D eigenvalue weighted by atomic mass is 35.5. The largest absolute Gasteiger partial charge is 0.350 e. The summed E-state index contributed by atoms with van der Waals surface area (Å²) in [5.74, 6) is -0.347. The second-order valence-electron chi connectivity index (χ2n) is 4.89. The number of amides is 2. The van der Waals surface area contributed by atoms with Crippen LogP contribution in [0.5, 0.6) is 0 Å². The predicted molar refractivity (Wildman–Crippen MR) is 93.3 cm³/mol. The van der Waals surface area contributed by atoms with Crippen molar-refractivity contribution in [3.63, 3.8) is 0 Å². The lowest BCUT2D eigenvalue weighted by Gasteiger charge is -2.21. The van der Waals surface area contributed by atoms with Crippen LogP contribution in [0.25, 0.3) is 0 Å². The van der Waals surface area contributed by atoms with Crippen LogP contribution in [0.1, 0.15) is 17.3 Å². The van der Waals surface area contributed by atoms with E-state index >= 15 is 0 Å². The molecule has 4 nitrogen and oxygen atoms in total. The molecule has 6 heteroatoms. The zero-order valence-corrected chi connectivity index (χ0v) is 14.1. The van der Waals surface area contributed by atoms with Gasteiger partial charge in [-0.15, -0.1) is 0 Å². The lowest BCUT2D eigenvalue weighted by atomic mass is 10.2. The molecule has 2 rings (SSSR count). The van der Waals surface area contributed by atoms with Crippen molar-refractivity contribution < 1.29 is 9.59 Å². The Hall–Kier alpha value is -2.04. The van der Waals surface area contributed by atoms with E-state index in [0.29, 0.717) is 28.7 Å². The Kier molecular flexibility index (Phi) is 6.02. The lowest BCUT2D eigenvalue weighted by Crippen LogP contribution is -2.37. The SMILES string of the molecule is CC(=O)N(CCNC(=O)c1ccc(Cl)c(Cl)c1)c1ccccc1. The van der Waals surface area contributed by atoms with Gasteiger partial charge in [-0.1, -0.05) is 41.4 Å². The van der Waals surface area contributed by atoms with Crippen molar-refractivity contribution in [1.82, 2.24) is 5.32 Å². The van der Waals surface area contributed by atoms with Gasteiger partial charge in [-0.3, -0.25) is 9.59 Å². The van der Waals surface area contributed by atoms with Crippen LogP contribution in [0.4, 0.5) is 5.69 Å². The second-order valence-corrected chi connectivity index (χ2v) is 5.71. The minimum Gasteiger partial charge on any atom is -0.350 e. The van der Waals surface area contributed by atoms with Gasteiger partial charge < -0.3 is 10.2 Å². The lowest BCUT2D eigenvalue weighted by molar-refractivity contribution is -0.116. The number of hydrogen-bond donors (Lipinski definition) is 1. The number of nitrogens with one attached hydrogen (secondary N) is 1. The number of anilines is 1. The van der Waals surface area contributed by atoms with Gasteiger partial charge in [0.1, 0.15) is 0 Å². The van der Waals surface area contributed by atoms with Crippen molar-refractivity contribution in [2.24, 2.45) is 0 Å². The second kappa shape index (κ2) is 7.99. The van der Waals surface area contributed by atoms with Gasteiger partial charge in [-0.25, -0.2) is 0 Å². The zero-order chi connectivity index (χ0) is 16.8. The Balaban J connectivity index is 1.95. The van der Waals surface area contributed by atoms with Gasteiger partial charge >= 0.3 is 0 Å². The highest BCUT2D eigenvalue weighted by Crippen LogP contribution is 2.22. The maximum atomic E-state index is 12.1. The number of carbonyl (C=O) groups excluding carboxylic acids is 2. The molecule has 2 amide bonds. The molecule has 0 aromatic heterocycles. The van der Waals surface area contributed by atoms with Crippen molar-refractivity contribution in [2.75, 3.05) is 18.0 Å². The first-order valence-corrected chi connectivity index (χ1v) is 7.81. The normalized spacial score (nSPS) is 10.2. The molecule has 0 atom stereocenters. The number of carbonyl (C=O) groups is 2. The maximum absolute atomic E-state index is 12.1. The van der Waals surface area contributed by atoms with Crippen molar-refractivity contribution in [1.29, 1.82) is 0 Å². The van der Waals surface area contributed by atoms with Crippen molar-refractivity contribution in [3.8, 4) is 0 Å². The third-order valence-electron chi connectivity index (χ3n) is 3.25. The van der Waals surface area contributed by atoms with Crippen LogP contribution in [0.2, 0.25) is 10.0 Å². The molecule has 2 aromatic carbocycles. The molecule has 120 valence electrons. The predicted octanol–water partition coefficient (Wildman–Crippen LogP) is 3.78. The molecule has 0 saturated carbocycles. The monoisotopic (exact) mass is 350 g/mol. The average molecular weight is 351 g/mol. The molecule has 0 aliphatic carbocycles. The Labute approximate surface area is 145 Å². The van der Waals surface area contributed by atoms with Gasteiger partial charge in [0.15, 0.2) is 0 Å². The smallest absolute Gasteiger partial charge is 0.251 e. The third-order valence-corrected chi connectivity index (χ3v) is 3.99. The molecule has 23 heavy (non-hydrogen) atoms. The quantitative estimate of drug-likeness (QED) is 0.891. The molecule has 0 saturated heterocycles. The molecule has 0 radical (unpaired) electrons. The summed E-state index contributed by atoms with van der Waals surface area (Å²) in [7, 11) is 0. The Morgan fingerprint density at radius 1 is 1.04 bits per heavy atom. The summed E-state index contributed by atoms with van der Waals surface area (Å²) in [5, 5.41) is 3.49. The van der Waals surface area contributed by atoms with E-state index in [9.17, 15) is 9.59 Å². The minimum absolute atomic E-state index is 0.0833. The summed E-state index contributed by atoms with van der Waals surface area (Å²) in [5.41, 5.74) is 1.22. The number of hydrogen-bond acceptors (Lipinski definition) is 2. The molecular weight excluding hydrogens is 335 g/mol. The van der Waals surface area contributed by atoms with Crippen molar-refractivity contribution >= 4 is 40.7 Å². The first-order valence-electron chi connectivity index (χ1n) is 7.05. The molecule has 0 unspecified atom stereocenters. The Morgan fingerprint density at radius 3 is 2.35 bits per heavy atom. The van der Waals surface area contributed by atoms with Crippen molar-refractivity contribution in [2.45, 2.75) is 6.92 Å². The van der Waals surface area contributed by atoms with Gasteiger partial charge in [0.05, 0.1) is 10.0 Å². The number of halogens is 2. The molecule has 0 bridgehead atoms. The summed E-state index contributed by atoms with van der Waals surface area (Å²) in [6, 6.07) is 14.0. The Morgan fingerprint density at radius 2 is 1.74 bits per heavy atom. The minimum atomic E-state index is -0.264. The Bertz CT molecular complexity index is 705.